The molecule has 3 atom stereocenters. The number of aliphatic hydroxyl groups excluding tert-OH is 2. The Hall–Kier alpha value is -2.59. The minimum absolute atomic E-state index is 0. The van der Waals surface area contributed by atoms with Crippen molar-refractivity contribution in [1.82, 2.24) is 4.57 Å². The summed E-state index contributed by atoms with van der Waals surface area (Å²) in [6.07, 6.45) is 2.74. The highest BCUT2D eigenvalue weighted by Crippen LogP contribution is 2.40. The molecule has 0 radical (unpaired) electrons. The van der Waals surface area contributed by atoms with Crippen LogP contribution in [0.15, 0.2) is 65.8 Å². The van der Waals surface area contributed by atoms with Crippen LogP contribution in [0.2, 0.25) is 0 Å². The normalized spacial score (nSPS) is 20.7. The minimum atomic E-state index is -1.04. The van der Waals surface area contributed by atoms with Gasteiger partial charge in [0.1, 0.15) is 24.7 Å². The van der Waals surface area contributed by atoms with Crippen LogP contribution in [-0.2, 0) is 10.3 Å². The number of benzene rings is 2. The molecule has 2 aliphatic rings. The van der Waals surface area contributed by atoms with Crippen LogP contribution in [0.3, 0.4) is 0 Å². The summed E-state index contributed by atoms with van der Waals surface area (Å²) >= 11 is 0. The van der Waals surface area contributed by atoms with E-state index in [0.29, 0.717) is 6.67 Å². The van der Waals surface area contributed by atoms with Crippen molar-refractivity contribution in [3.05, 3.63) is 71.9 Å². The summed E-state index contributed by atoms with van der Waals surface area (Å²) in [7, 11) is 0. The van der Waals surface area contributed by atoms with Crippen molar-refractivity contribution in [3.63, 3.8) is 0 Å². The quantitative estimate of drug-likeness (QED) is 0.348. The monoisotopic (exact) mass is 547 g/mol. The van der Waals surface area contributed by atoms with E-state index in [2.05, 4.69) is 30.3 Å². The van der Waals surface area contributed by atoms with Gasteiger partial charge in [0.2, 0.25) is 0 Å². The first-order valence-corrected chi connectivity index (χ1v) is 12.2. The lowest BCUT2D eigenvalue weighted by molar-refractivity contribution is -0.0172. The van der Waals surface area contributed by atoms with Crippen LogP contribution in [0.5, 0.6) is 0 Å². The van der Waals surface area contributed by atoms with E-state index in [9.17, 15) is 10.2 Å². The lowest BCUT2D eigenvalue weighted by Gasteiger charge is -2.34. The van der Waals surface area contributed by atoms with Gasteiger partial charge in [0.25, 0.3) is 0 Å². The summed E-state index contributed by atoms with van der Waals surface area (Å²) in [6.45, 7) is 4.64. The fourth-order valence-electron chi connectivity index (χ4n) is 4.97. The number of nitrogens with two attached hydrogens (primary N) is 1. The Morgan fingerprint density at radius 3 is 2.38 bits per heavy atom. The average Bonchev–Trinajstić information content (AvgIpc) is 3.44. The SMILES string of the molecule is CCC(N)(CC)c1ccccc1NN1CN=Cc2c(-c3ccccc3)cn([C@@H]3OC[C@@H](O)[C@H]3O)c21.Cl.Cl. The van der Waals surface area contributed by atoms with Crippen LogP contribution in [0.1, 0.15) is 44.0 Å². The van der Waals surface area contributed by atoms with Crippen LogP contribution < -0.4 is 16.2 Å². The molecule has 1 saturated heterocycles. The summed E-state index contributed by atoms with van der Waals surface area (Å²) in [5.74, 6) is 0.808. The molecule has 1 aromatic heterocycles. The Morgan fingerprint density at radius 2 is 1.73 bits per heavy atom. The second kappa shape index (κ2) is 11.9. The zero-order valence-electron chi connectivity index (χ0n) is 20.9. The van der Waals surface area contributed by atoms with Crippen molar-refractivity contribution < 1.29 is 14.9 Å². The van der Waals surface area contributed by atoms with Crippen molar-refractivity contribution in [3.8, 4) is 11.1 Å². The molecule has 3 heterocycles. The molecule has 10 heteroatoms. The molecular formula is C27H35Cl2N5O3. The number of hydrogen-bond acceptors (Lipinski definition) is 7. The summed E-state index contributed by atoms with van der Waals surface area (Å²) < 4.78 is 7.73. The standard InChI is InChI=1S/C27H33N5O3.2ClH/c1-3-27(28,4-2)21-12-8-9-13-22(21)30-32-17-29-14-19-20(18-10-6-5-7-11-18)15-31(25(19)32)26-24(34)23(33)16-35-26;;/h5-15,23-24,26,30,33-34H,3-4,16-17,28H2,1-2H3;2*1H/t23-,24-,26-;;/m1../s1. The van der Waals surface area contributed by atoms with Crippen molar-refractivity contribution in [2.24, 2.45) is 10.7 Å². The van der Waals surface area contributed by atoms with Gasteiger partial charge in [-0.2, -0.15) is 0 Å². The van der Waals surface area contributed by atoms with E-state index in [1.54, 1.807) is 0 Å². The largest absolute Gasteiger partial charge is 0.388 e. The van der Waals surface area contributed by atoms with Gasteiger partial charge in [-0.05, 0) is 30.0 Å². The van der Waals surface area contributed by atoms with Crippen molar-refractivity contribution in [2.75, 3.05) is 23.7 Å². The van der Waals surface area contributed by atoms with E-state index >= 15 is 0 Å². The summed E-state index contributed by atoms with van der Waals surface area (Å²) in [4.78, 5) is 4.63. The molecule has 3 aromatic rings. The van der Waals surface area contributed by atoms with E-state index in [4.69, 9.17) is 10.5 Å². The molecule has 0 aliphatic carbocycles. The number of halogens is 2. The highest BCUT2D eigenvalue weighted by molar-refractivity contribution is 5.98. The molecule has 0 spiro atoms. The number of aromatic nitrogens is 1. The van der Waals surface area contributed by atoms with Gasteiger partial charge in [-0.25, -0.2) is 5.01 Å². The van der Waals surface area contributed by atoms with Gasteiger partial charge in [-0.15, -0.1) is 24.8 Å². The van der Waals surface area contributed by atoms with Crippen LogP contribution in [0.4, 0.5) is 11.5 Å². The molecule has 2 aliphatic heterocycles. The number of para-hydroxylation sites is 1. The van der Waals surface area contributed by atoms with Crippen molar-refractivity contribution in [2.45, 2.75) is 50.7 Å². The third kappa shape index (κ3) is 5.23. The number of aliphatic hydroxyl groups is 2. The number of fused-ring (bicyclic) bond motifs is 1. The highest BCUT2D eigenvalue weighted by atomic mass is 35.5. The van der Waals surface area contributed by atoms with E-state index in [1.165, 1.54) is 0 Å². The molecule has 0 unspecified atom stereocenters. The second-order valence-electron chi connectivity index (χ2n) is 9.24. The summed E-state index contributed by atoms with van der Waals surface area (Å²) in [6, 6.07) is 18.1. The lowest BCUT2D eigenvalue weighted by atomic mass is 9.85. The van der Waals surface area contributed by atoms with Crippen LogP contribution in [0, 0.1) is 0 Å². The molecular weight excluding hydrogens is 513 g/mol. The third-order valence-corrected chi connectivity index (χ3v) is 7.21. The number of ether oxygens (including phenoxy) is 1. The fraction of sp³-hybridized carbons (Fsp3) is 0.370. The highest BCUT2D eigenvalue weighted by Gasteiger charge is 2.39. The van der Waals surface area contributed by atoms with Gasteiger partial charge in [-0.1, -0.05) is 62.4 Å². The first-order chi connectivity index (χ1) is 17.0. The molecule has 8 nitrogen and oxygen atoms in total. The van der Waals surface area contributed by atoms with Gasteiger partial charge in [0.15, 0.2) is 6.23 Å². The first kappa shape index (κ1) is 29.0. The summed E-state index contributed by atoms with van der Waals surface area (Å²) in [5.41, 5.74) is 14.7. The van der Waals surface area contributed by atoms with Gasteiger partial charge in [-0.3, -0.25) is 10.4 Å². The molecule has 2 aromatic carbocycles. The Labute approximate surface area is 229 Å². The van der Waals surface area contributed by atoms with Crippen molar-refractivity contribution in [1.29, 1.82) is 0 Å². The van der Waals surface area contributed by atoms with E-state index in [-0.39, 0.29) is 31.4 Å². The predicted octanol–water partition coefficient (Wildman–Crippen LogP) is 4.45. The number of aliphatic imine (C=N–C) groups is 1. The number of nitrogens with one attached hydrogen (secondary N) is 1. The number of hydrogen-bond donors (Lipinski definition) is 4. The average molecular weight is 549 g/mol. The summed E-state index contributed by atoms with van der Waals surface area (Å²) in [5, 5.41) is 22.8. The first-order valence-electron chi connectivity index (χ1n) is 12.2. The maximum Gasteiger partial charge on any atom is 0.164 e. The number of anilines is 2. The molecule has 5 rings (SSSR count). The van der Waals surface area contributed by atoms with Gasteiger partial charge >= 0.3 is 0 Å². The van der Waals surface area contributed by atoms with E-state index in [0.717, 1.165) is 46.6 Å². The van der Waals surface area contributed by atoms with Gasteiger partial charge in [0.05, 0.1) is 12.3 Å². The maximum absolute atomic E-state index is 10.7. The van der Waals surface area contributed by atoms with Crippen LogP contribution in [-0.4, -0.2) is 46.5 Å². The lowest BCUT2D eigenvalue weighted by Crippen LogP contribution is -2.40. The van der Waals surface area contributed by atoms with Gasteiger partial charge in [0, 0.05) is 29.1 Å². The Morgan fingerprint density at radius 1 is 1.05 bits per heavy atom. The maximum atomic E-state index is 10.7. The number of nitrogens with zero attached hydrogens (tertiary/aromatic N) is 3. The van der Waals surface area contributed by atoms with E-state index in [1.807, 2.05) is 70.5 Å². The van der Waals surface area contributed by atoms with E-state index < -0.39 is 24.0 Å². The molecule has 1 fully saturated rings. The topological polar surface area (TPSA) is 108 Å². The Kier molecular flexibility index (Phi) is 9.28. The molecule has 37 heavy (non-hydrogen) atoms. The van der Waals surface area contributed by atoms with Crippen LogP contribution in [0.25, 0.3) is 11.1 Å². The fourth-order valence-corrected chi connectivity index (χ4v) is 4.97. The predicted molar refractivity (Wildman–Crippen MR) is 153 cm³/mol. The Bertz CT molecular complexity index is 1220. The number of hydrazine groups is 1. The van der Waals surface area contributed by atoms with Crippen LogP contribution >= 0.6 is 24.8 Å². The second-order valence-corrected chi connectivity index (χ2v) is 9.24. The number of rotatable bonds is 7. The third-order valence-electron chi connectivity index (χ3n) is 7.21. The molecule has 200 valence electrons. The molecule has 0 saturated carbocycles. The zero-order chi connectivity index (χ0) is 24.6. The minimum Gasteiger partial charge on any atom is -0.388 e. The molecule has 5 N–H and O–H groups in total. The smallest absolute Gasteiger partial charge is 0.164 e. The van der Waals surface area contributed by atoms with Gasteiger partial charge < -0.3 is 25.3 Å². The Balaban J connectivity index is 0.00000190. The zero-order valence-corrected chi connectivity index (χ0v) is 22.6. The molecule has 0 amide bonds. The van der Waals surface area contributed by atoms with Crippen molar-refractivity contribution >= 4 is 42.5 Å². The molecule has 0 bridgehead atoms.